The summed E-state index contributed by atoms with van der Waals surface area (Å²) in [6.07, 6.45) is 8.03. The van der Waals surface area contributed by atoms with E-state index in [0.717, 1.165) is 51.6 Å². The Hall–Kier alpha value is -4.02. The summed E-state index contributed by atoms with van der Waals surface area (Å²) >= 11 is 0. The number of benzene rings is 2. The van der Waals surface area contributed by atoms with Gasteiger partial charge in [-0.05, 0) is 101 Å². The Balaban J connectivity index is 1.08. The summed E-state index contributed by atoms with van der Waals surface area (Å²) < 4.78 is 0. The zero-order valence-corrected chi connectivity index (χ0v) is 31.7. The third-order valence-electron chi connectivity index (χ3n) is 11.1. The Bertz CT molecular complexity index is 1590. The molecule has 2 aromatic rings. The molecule has 0 radical (unpaired) electrons. The van der Waals surface area contributed by atoms with Crippen LogP contribution in [0.4, 0.5) is 0 Å². The number of carbonyl (C=O) groups excluding carboxylic acids is 4. The summed E-state index contributed by atoms with van der Waals surface area (Å²) in [5.74, 6) is 1.58. The maximum atomic E-state index is 14.1. The van der Waals surface area contributed by atoms with E-state index in [-0.39, 0.29) is 41.4 Å². The molecule has 0 bridgehead atoms. The van der Waals surface area contributed by atoms with Gasteiger partial charge in [0.05, 0.1) is 6.20 Å². The molecule has 10 nitrogen and oxygen atoms in total. The number of ketones is 1. The van der Waals surface area contributed by atoms with Crippen molar-refractivity contribution >= 4 is 23.5 Å². The molecule has 3 saturated heterocycles. The van der Waals surface area contributed by atoms with Gasteiger partial charge in [0, 0.05) is 42.4 Å². The number of carbonyl (C=O) groups is 4. The molecule has 4 aliphatic rings. The number of rotatable bonds is 12. The molecular weight excluding hydrogens is 654 g/mol. The molecule has 2 atom stereocenters. The topological polar surface area (TPSA) is 93.7 Å². The lowest BCUT2D eigenvalue weighted by Gasteiger charge is -2.50. The van der Waals surface area contributed by atoms with Crippen molar-refractivity contribution in [3.63, 3.8) is 0 Å². The number of piperidine rings is 2. The number of nitrogens with zero attached hydrogens (tertiary/aromatic N) is 5. The SMILES string of the molecule is CC(C)C[C@H]1ON(CCCC2CCN(C(=O)c3ccc(C(=O)c4ccccc4)cc3)CC2)C2=CN(C3CCN(C)CC3)C(=O)[C@H](CC(C)C)N2C1=O. The highest BCUT2D eigenvalue weighted by Crippen LogP contribution is 2.36. The van der Waals surface area contributed by atoms with Gasteiger partial charge in [-0.25, -0.2) is 5.06 Å². The van der Waals surface area contributed by atoms with Crippen molar-refractivity contribution < 1.29 is 24.0 Å². The number of hydrogen-bond acceptors (Lipinski definition) is 7. The third-order valence-corrected chi connectivity index (χ3v) is 11.1. The van der Waals surface area contributed by atoms with E-state index < -0.39 is 12.1 Å². The van der Waals surface area contributed by atoms with E-state index in [9.17, 15) is 19.2 Å². The molecule has 10 heteroatoms. The number of amides is 3. The Labute approximate surface area is 309 Å². The number of hydrogen-bond donors (Lipinski definition) is 0. The van der Waals surface area contributed by atoms with Crippen LogP contribution >= 0.6 is 0 Å². The Morgan fingerprint density at radius 3 is 2.02 bits per heavy atom. The number of likely N-dealkylation sites (tertiary alicyclic amines) is 2. The molecular formula is C42H57N5O5. The van der Waals surface area contributed by atoms with Gasteiger partial charge in [-0.3, -0.25) is 28.9 Å². The Kier molecular flexibility index (Phi) is 12.2. The molecule has 0 aliphatic carbocycles. The van der Waals surface area contributed by atoms with Crippen LogP contribution in [0.3, 0.4) is 0 Å². The molecule has 280 valence electrons. The molecule has 0 saturated carbocycles. The minimum absolute atomic E-state index is 0.00345. The van der Waals surface area contributed by atoms with Crippen molar-refractivity contribution in [3.05, 3.63) is 83.3 Å². The molecule has 4 aliphatic heterocycles. The summed E-state index contributed by atoms with van der Waals surface area (Å²) in [7, 11) is 2.12. The van der Waals surface area contributed by atoms with Gasteiger partial charge < -0.3 is 14.7 Å². The largest absolute Gasteiger partial charge is 0.339 e. The van der Waals surface area contributed by atoms with E-state index >= 15 is 0 Å². The lowest BCUT2D eigenvalue weighted by molar-refractivity contribution is -0.232. The van der Waals surface area contributed by atoms with Gasteiger partial charge in [0.15, 0.2) is 17.7 Å². The smallest absolute Gasteiger partial charge is 0.260 e. The number of fused-ring (bicyclic) bond motifs is 1. The van der Waals surface area contributed by atoms with Crippen LogP contribution in [0.1, 0.15) is 105 Å². The van der Waals surface area contributed by atoms with Gasteiger partial charge in [0.2, 0.25) is 5.91 Å². The van der Waals surface area contributed by atoms with Crippen LogP contribution in [0.5, 0.6) is 0 Å². The predicted molar refractivity (Wildman–Crippen MR) is 201 cm³/mol. The summed E-state index contributed by atoms with van der Waals surface area (Å²) in [6, 6.07) is 15.8. The van der Waals surface area contributed by atoms with E-state index in [2.05, 4.69) is 39.6 Å². The molecule has 52 heavy (non-hydrogen) atoms. The van der Waals surface area contributed by atoms with E-state index in [1.54, 1.807) is 41.3 Å². The van der Waals surface area contributed by atoms with Crippen LogP contribution in [-0.2, 0) is 14.4 Å². The summed E-state index contributed by atoms with van der Waals surface area (Å²) in [4.78, 5) is 68.8. The first kappa shape index (κ1) is 37.7. The third kappa shape index (κ3) is 8.60. The molecule has 0 aromatic heterocycles. The zero-order chi connectivity index (χ0) is 36.9. The van der Waals surface area contributed by atoms with Gasteiger partial charge in [0.1, 0.15) is 6.04 Å². The molecule has 0 N–H and O–H groups in total. The van der Waals surface area contributed by atoms with E-state index in [1.165, 1.54) is 0 Å². The Morgan fingerprint density at radius 2 is 1.38 bits per heavy atom. The van der Waals surface area contributed by atoms with Crippen molar-refractivity contribution in [2.24, 2.45) is 17.8 Å². The summed E-state index contributed by atoms with van der Waals surface area (Å²) in [6.45, 7) is 12.3. The van der Waals surface area contributed by atoms with Crippen LogP contribution in [-0.4, -0.2) is 106 Å². The van der Waals surface area contributed by atoms with Crippen LogP contribution in [0.15, 0.2) is 66.6 Å². The monoisotopic (exact) mass is 711 g/mol. The van der Waals surface area contributed by atoms with Crippen LogP contribution in [0.2, 0.25) is 0 Å². The lowest BCUT2D eigenvalue weighted by Crippen LogP contribution is -2.64. The van der Waals surface area contributed by atoms with E-state index in [4.69, 9.17) is 4.84 Å². The number of hydroxylamine groups is 2. The van der Waals surface area contributed by atoms with Crippen molar-refractivity contribution in [1.82, 2.24) is 24.7 Å². The molecule has 4 heterocycles. The second-order valence-electron chi connectivity index (χ2n) is 16.1. The van der Waals surface area contributed by atoms with Gasteiger partial charge >= 0.3 is 0 Å². The average Bonchev–Trinajstić information content (AvgIpc) is 3.14. The highest BCUT2D eigenvalue weighted by Gasteiger charge is 2.49. The Morgan fingerprint density at radius 1 is 0.769 bits per heavy atom. The minimum atomic E-state index is -0.616. The maximum absolute atomic E-state index is 14.1. The van der Waals surface area contributed by atoms with E-state index in [0.29, 0.717) is 60.9 Å². The first-order valence-corrected chi connectivity index (χ1v) is 19.5. The molecule has 3 fully saturated rings. The van der Waals surface area contributed by atoms with Crippen molar-refractivity contribution in [2.75, 3.05) is 39.8 Å². The standard InChI is InChI=1S/C42H57N5O5/c1-29(2)26-36-41(50)45(35-19-22-43(5)23-20-35)28-38-46(52-37(27-30(3)4)42(51)47(36)38)21-9-10-31-17-24-44(25-18-31)40(49)34-15-13-33(14-16-34)39(48)32-11-7-6-8-12-32/h6-8,11-16,28-31,35-37H,9-10,17-27H2,1-5H3/t36-,37+/m0/s1. The zero-order valence-electron chi connectivity index (χ0n) is 31.7. The van der Waals surface area contributed by atoms with Crippen LogP contribution in [0, 0.1) is 17.8 Å². The molecule has 6 rings (SSSR count). The lowest BCUT2D eigenvalue weighted by atomic mass is 9.91. The second-order valence-corrected chi connectivity index (χ2v) is 16.1. The molecule has 0 spiro atoms. The van der Waals surface area contributed by atoms with Gasteiger partial charge in [-0.1, -0.05) is 70.2 Å². The highest BCUT2D eigenvalue weighted by molar-refractivity contribution is 6.09. The van der Waals surface area contributed by atoms with E-state index in [1.807, 2.05) is 39.3 Å². The van der Waals surface area contributed by atoms with Crippen LogP contribution in [0.25, 0.3) is 0 Å². The van der Waals surface area contributed by atoms with Gasteiger partial charge in [0.25, 0.3) is 11.8 Å². The van der Waals surface area contributed by atoms with Crippen molar-refractivity contribution in [1.29, 1.82) is 0 Å². The van der Waals surface area contributed by atoms with Crippen molar-refractivity contribution in [3.8, 4) is 0 Å². The molecule has 0 unspecified atom stereocenters. The normalized spacial score (nSPS) is 22.3. The fraction of sp³-hybridized carbons (Fsp3) is 0.571. The summed E-state index contributed by atoms with van der Waals surface area (Å²) in [5, 5.41) is 1.92. The first-order chi connectivity index (χ1) is 25.0. The molecule has 2 aromatic carbocycles. The molecule has 3 amide bonds. The maximum Gasteiger partial charge on any atom is 0.260 e. The highest BCUT2D eigenvalue weighted by atomic mass is 16.7. The predicted octanol–water partition coefficient (Wildman–Crippen LogP) is 6.19. The van der Waals surface area contributed by atoms with Crippen LogP contribution < -0.4 is 0 Å². The second kappa shape index (κ2) is 16.8. The quantitative estimate of drug-likeness (QED) is 0.243. The average molecular weight is 712 g/mol. The fourth-order valence-corrected chi connectivity index (χ4v) is 8.15. The van der Waals surface area contributed by atoms with Crippen molar-refractivity contribution in [2.45, 2.75) is 97.2 Å². The fourth-order valence-electron chi connectivity index (χ4n) is 8.15. The van der Waals surface area contributed by atoms with Gasteiger partial charge in [-0.15, -0.1) is 0 Å². The first-order valence-electron chi connectivity index (χ1n) is 19.5. The minimum Gasteiger partial charge on any atom is -0.339 e. The summed E-state index contributed by atoms with van der Waals surface area (Å²) in [5.41, 5.74) is 1.81. The van der Waals surface area contributed by atoms with Gasteiger partial charge in [-0.2, -0.15) is 0 Å².